The summed E-state index contributed by atoms with van der Waals surface area (Å²) in [5.74, 6) is -0.181. The highest BCUT2D eigenvalue weighted by Gasteiger charge is 2.16. The third-order valence-corrected chi connectivity index (χ3v) is 1.42. The maximum atomic E-state index is 11.2. The summed E-state index contributed by atoms with van der Waals surface area (Å²) in [5.41, 5.74) is 0.482. The van der Waals surface area contributed by atoms with Crippen LogP contribution < -0.4 is 0 Å². The van der Waals surface area contributed by atoms with Crippen LogP contribution in [0.15, 0.2) is 4.42 Å². The largest absolute Gasteiger partial charge is 0.460 e. The number of oxazole rings is 1. The molecule has 0 atom stereocenters. The van der Waals surface area contributed by atoms with Crippen LogP contribution in [0.4, 0.5) is 0 Å². The minimum absolute atomic E-state index is 0.110. The Bertz CT molecular complexity index is 328. The smallest absolute Gasteiger partial charge is 0.376 e. The average molecular weight is 180 g/mol. The predicted molar refractivity (Wildman–Crippen MR) is 46.0 cm³/mol. The third-order valence-electron chi connectivity index (χ3n) is 1.42. The Labute approximate surface area is 76.2 Å². The molecule has 0 N–H and O–H groups in total. The lowest BCUT2D eigenvalue weighted by Gasteiger charge is -1.96. The average Bonchev–Trinajstić information content (AvgIpc) is 2.47. The number of carbonyl (C=O) groups excluding carboxylic acids is 1. The Morgan fingerprint density at radius 3 is 2.92 bits per heavy atom. The highest BCUT2D eigenvalue weighted by atomic mass is 16.5. The van der Waals surface area contributed by atoms with Crippen molar-refractivity contribution < 1.29 is 13.9 Å². The molecule has 4 nitrogen and oxygen atoms in total. The second-order valence-electron chi connectivity index (χ2n) is 2.35. The second-order valence-corrected chi connectivity index (χ2v) is 2.35. The molecule has 0 bridgehead atoms. The van der Waals surface area contributed by atoms with Crippen LogP contribution in [-0.2, 0) is 4.74 Å². The van der Waals surface area contributed by atoms with E-state index in [0.29, 0.717) is 12.3 Å². The summed E-state index contributed by atoms with van der Waals surface area (Å²) in [6.45, 7) is 8.86. The quantitative estimate of drug-likeness (QED) is 0.663. The van der Waals surface area contributed by atoms with Crippen molar-refractivity contribution in [2.24, 2.45) is 0 Å². The Balaban J connectivity index is 2.93. The number of hydrogen-bond acceptors (Lipinski definition) is 4. The van der Waals surface area contributed by atoms with Crippen molar-refractivity contribution in [2.45, 2.75) is 13.8 Å². The SMILES string of the molecule is [CH]=Cc1nc(C)c(C(=O)OCC)o1. The number of ether oxygens (including phenoxy) is 1. The summed E-state index contributed by atoms with van der Waals surface area (Å²) < 4.78 is 9.75. The van der Waals surface area contributed by atoms with Gasteiger partial charge in [-0.15, -0.1) is 0 Å². The fraction of sp³-hybridized carbons (Fsp3) is 0.333. The molecule has 0 unspecified atom stereocenters. The lowest BCUT2D eigenvalue weighted by molar-refractivity contribution is 0.0488. The molecule has 0 aliphatic carbocycles. The van der Waals surface area contributed by atoms with Crippen molar-refractivity contribution in [2.75, 3.05) is 6.61 Å². The number of esters is 1. The molecular formula is C9H10NO3. The minimum atomic E-state index is -0.513. The van der Waals surface area contributed by atoms with Gasteiger partial charge in [0.2, 0.25) is 11.7 Å². The molecule has 0 saturated carbocycles. The summed E-state index contributed by atoms with van der Waals surface area (Å²) in [6, 6.07) is 0. The van der Waals surface area contributed by atoms with Gasteiger partial charge in [0.05, 0.1) is 12.3 Å². The summed E-state index contributed by atoms with van der Waals surface area (Å²) in [7, 11) is 0. The highest BCUT2D eigenvalue weighted by molar-refractivity contribution is 5.87. The van der Waals surface area contributed by atoms with Gasteiger partial charge in [0.15, 0.2) is 0 Å². The molecule has 69 valence electrons. The maximum absolute atomic E-state index is 11.2. The van der Waals surface area contributed by atoms with Crippen molar-refractivity contribution in [1.29, 1.82) is 0 Å². The Morgan fingerprint density at radius 1 is 1.77 bits per heavy atom. The van der Waals surface area contributed by atoms with Gasteiger partial charge in [-0.3, -0.25) is 0 Å². The van der Waals surface area contributed by atoms with E-state index in [1.165, 1.54) is 6.08 Å². The summed E-state index contributed by atoms with van der Waals surface area (Å²) >= 11 is 0. The normalized spacial score (nSPS) is 9.69. The molecule has 0 saturated heterocycles. The van der Waals surface area contributed by atoms with Gasteiger partial charge in [-0.05, 0) is 13.8 Å². The number of carbonyl (C=O) groups is 1. The van der Waals surface area contributed by atoms with E-state index in [4.69, 9.17) is 15.7 Å². The van der Waals surface area contributed by atoms with Gasteiger partial charge >= 0.3 is 5.97 Å². The number of hydrogen-bond donors (Lipinski definition) is 0. The monoisotopic (exact) mass is 180 g/mol. The van der Waals surface area contributed by atoms with E-state index in [-0.39, 0.29) is 11.7 Å². The summed E-state index contributed by atoms with van der Waals surface area (Å²) in [5, 5.41) is 0. The van der Waals surface area contributed by atoms with Gasteiger partial charge in [0, 0.05) is 6.08 Å². The lowest BCUT2D eigenvalue weighted by atomic mass is 10.4. The number of aryl methyl sites for hydroxylation is 1. The molecule has 0 amide bonds. The van der Waals surface area contributed by atoms with E-state index in [9.17, 15) is 4.79 Å². The van der Waals surface area contributed by atoms with Gasteiger partial charge in [-0.25, -0.2) is 9.78 Å². The highest BCUT2D eigenvalue weighted by Crippen LogP contribution is 2.11. The summed E-state index contributed by atoms with van der Waals surface area (Å²) in [6.07, 6.45) is 1.19. The molecule has 0 aliphatic heterocycles. The van der Waals surface area contributed by atoms with Crippen molar-refractivity contribution in [1.82, 2.24) is 4.98 Å². The first-order chi connectivity index (χ1) is 6.19. The molecule has 1 radical (unpaired) electrons. The second kappa shape index (κ2) is 3.89. The third kappa shape index (κ3) is 1.96. The zero-order valence-corrected chi connectivity index (χ0v) is 7.53. The first-order valence-electron chi connectivity index (χ1n) is 3.88. The predicted octanol–water partition coefficient (Wildman–Crippen LogP) is 1.61. The summed E-state index contributed by atoms with van der Waals surface area (Å²) in [4.78, 5) is 15.1. The molecule has 0 spiro atoms. The molecule has 1 heterocycles. The van der Waals surface area contributed by atoms with Crippen molar-refractivity contribution in [3.8, 4) is 0 Å². The van der Waals surface area contributed by atoms with Crippen molar-refractivity contribution >= 4 is 12.0 Å². The van der Waals surface area contributed by atoms with Crippen LogP contribution >= 0.6 is 0 Å². The van der Waals surface area contributed by atoms with Crippen molar-refractivity contribution in [3.05, 3.63) is 23.9 Å². The zero-order valence-electron chi connectivity index (χ0n) is 7.53. The van der Waals surface area contributed by atoms with E-state index in [1.54, 1.807) is 13.8 Å². The Hall–Kier alpha value is -1.58. The standard InChI is InChI=1S/C9H10NO3/c1-4-7-10-6(3)8(13-7)9(11)12-5-2/h1,4H,5H2,2-3H3. The van der Waals surface area contributed by atoms with Crippen LogP contribution in [0.1, 0.15) is 29.1 Å². The van der Waals surface area contributed by atoms with E-state index in [1.807, 2.05) is 0 Å². The molecule has 0 aliphatic rings. The van der Waals surface area contributed by atoms with Gasteiger partial charge in [-0.1, -0.05) is 6.58 Å². The van der Waals surface area contributed by atoms with Crippen LogP contribution in [0.5, 0.6) is 0 Å². The maximum Gasteiger partial charge on any atom is 0.376 e. The van der Waals surface area contributed by atoms with Crippen molar-refractivity contribution in [3.63, 3.8) is 0 Å². The minimum Gasteiger partial charge on any atom is -0.460 e. The van der Waals surface area contributed by atoms with Crippen LogP contribution in [0.25, 0.3) is 6.08 Å². The number of nitrogens with zero attached hydrogens (tertiary/aromatic N) is 1. The fourth-order valence-corrected chi connectivity index (χ4v) is 0.875. The van der Waals surface area contributed by atoms with E-state index < -0.39 is 5.97 Å². The topological polar surface area (TPSA) is 52.3 Å². The van der Waals surface area contributed by atoms with Crippen LogP contribution in [0.3, 0.4) is 0 Å². The van der Waals surface area contributed by atoms with Crippen LogP contribution in [-0.4, -0.2) is 17.6 Å². The molecule has 4 heteroatoms. The van der Waals surface area contributed by atoms with Gasteiger partial charge in [0.1, 0.15) is 0 Å². The van der Waals surface area contributed by atoms with E-state index >= 15 is 0 Å². The molecular weight excluding hydrogens is 170 g/mol. The fourth-order valence-electron chi connectivity index (χ4n) is 0.875. The first kappa shape index (κ1) is 9.51. The lowest BCUT2D eigenvalue weighted by Crippen LogP contribution is -2.04. The molecule has 0 fully saturated rings. The number of aromatic nitrogens is 1. The first-order valence-corrected chi connectivity index (χ1v) is 3.88. The van der Waals surface area contributed by atoms with Crippen LogP contribution in [0, 0.1) is 13.5 Å². The molecule has 1 aromatic rings. The van der Waals surface area contributed by atoms with Gasteiger partial charge < -0.3 is 9.15 Å². The number of rotatable bonds is 3. The molecule has 1 aromatic heterocycles. The molecule has 0 aromatic carbocycles. The zero-order chi connectivity index (χ0) is 9.84. The Morgan fingerprint density at radius 2 is 2.46 bits per heavy atom. The van der Waals surface area contributed by atoms with E-state index in [0.717, 1.165) is 0 Å². The van der Waals surface area contributed by atoms with Crippen LogP contribution in [0.2, 0.25) is 0 Å². The molecule has 13 heavy (non-hydrogen) atoms. The molecule has 1 rings (SSSR count). The van der Waals surface area contributed by atoms with E-state index in [2.05, 4.69) is 4.98 Å². The van der Waals surface area contributed by atoms with Gasteiger partial charge in [-0.2, -0.15) is 0 Å². The Kier molecular flexibility index (Phi) is 2.84. The van der Waals surface area contributed by atoms with Gasteiger partial charge in [0.25, 0.3) is 0 Å².